The lowest BCUT2D eigenvalue weighted by atomic mass is 10.1. The Morgan fingerprint density at radius 3 is 1.95 bits per heavy atom. The average molecular weight is 284 g/mol. The van der Waals surface area contributed by atoms with Crippen LogP contribution in [-0.2, 0) is 0 Å². The number of rotatable bonds is 3. The number of nitrogens with one attached hydrogen (secondary N) is 2. The fourth-order valence-corrected chi connectivity index (χ4v) is 2.23. The van der Waals surface area contributed by atoms with E-state index in [2.05, 4.69) is 67.8 Å². The van der Waals surface area contributed by atoms with E-state index in [9.17, 15) is 0 Å². The highest BCUT2D eigenvalue weighted by molar-refractivity contribution is 7.80. The summed E-state index contributed by atoms with van der Waals surface area (Å²) < 4.78 is 0. The first-order chi connectivity index (χ1) is 9.54. The highest BCUT2D eigenvalue weighted by atomic mass is 32.1. The Bertz CT molecular complexity index is 573. The van der Waals surface area contributed by atoms with Gasteiger partial charge in [0.1, 0.15) is 0 Å². The maximum Gasteiger partial charge on any atom is 0.171 e. The first kappa shape index (κ1) is 14.5. The van der Waals surface area contributed by atoms with Crippen molar-refractivity contribution >= 4 is 23.0 Å². The van der Waals surface area contributed by atoms with E-state index in [0.717, 1.165) is 5.69 Å². The fourth-order valence-electron chi connectivity index (χ4n) is 1.94. The molecule has 2 rings (SSSR count). The third-order valence-corrected chi connectivity index (χ3v) is 3.45. The third-order valence-electron chi connectivity index (χ3n) is 3.23. The van der Waals surface area contributed by atoms with Crippen LogP contribution in [0.3, 0.4) is 0 Å². The Morgan fingerprint density at radius 2 is 1.40 bits per heavy atom. The normalized spacial score (nSPS) is 11.8. The summed E-state index contributed by atoms with van der Waals surface area (Å²) in [5.74, 6) is 0. The van der Waals surface area contributed by atoms with E-state index in [4.69, 9.17) is 12.2 Å². The van der Waals surface area contributed by atoms with Gasteiger partial charge in [-0.1, -0.05) is 47.5 Å². The highest BCUT2D eigenvalue weighted by Gasteiger charge is 2.06. The van der Waals surface area contributed by atoms with Crippen LogP contribution in [0.1, 0.15) is 29.7 Å². The van der Waals surface area contributed by atoms with Gasteiger partial charge in [0, 0.05) is 5.69 Å². The molecular weight excluding hydrogens is 264 g/mol. The number of anilines is 1. The van der Waals surface area contributed by atoms with Crippen molar-refractivity contribution in [3.8, 4) is 0 Å². The molecule has 20 heavy (non-hydrogen) atoms. The minimum Gasteiger partial charge on any atom is -0.356 e. The van der Waals surface area contributed by atoms with Gasteiger partial charge >= 0.3 is 0 Å². The second-order valence-corrected chi connectivity index (χ2v) is 5.51. The van der Waals surface area contributed by atoms with Crippen molar-refractivity contribution in [2.75, 3.05) is 5.32 Å². The van der Waals surface area contributed by atoms with Gasteiger partial charge in [-0.15, -0.1) is 0 Å². The van der Waals surface area contributed by atoms with Gasteiger partial charge in [0.2, 0.25) is 0 Å². The lowest BCUT2D eigenvalue weighted by Gasteiger charge is -2.17. The van der Waals surface area contributed by atoms with Crippen molar-refractivity contribution in [2.45, 2.75) is 26.8 Å². The first-order valence-corrected chi connectivity index (χ1v) is 7.16. The van der Waals surface area contributed by atoms with Crippen LogP contribution in [0.2, 0.25) is 0 Å². The van der Waals surface area contributed by atoms with E-state index in [-0.39, 0.29) is 6.04 Å². The molecule has 0 spiro atoms. The Balaban J connectivity index is 1.93. The van der Waals surface area contributed by atoms with Crippen molar-refractivity contribution < 1.29 is 0 Å². The second-order valence-electron chi connectivity index (χ2n) is 5.10. The Hall–Kier alpha value is -1.87. The Morgan fingerprint density at radius 1 is 0.900 bits per heavy atom. The van der Waals surface area contributed by atoms with E-state index in [1.807, 2.05) is 12.1 Å². The highest BCUT2D eigenvalue weighted by Crippen LogP contribution is 2.14. The summed E-state index contributed by atoms with van der Waals surface area (Å²) in [6.07, 6.45) is 0. The van der Waals surface area contributed by atoms with E-state index in [1.54, 1.807) is 0 Å². The molecule has 104 valence electrons. The monoisotopic (exact) mass is 284 g/mol. The molecule has 0 radical (unpaired) electrons. The minimum absolute atomic E-state index is 0.182. The number of aryl methyl sites for hydroxylation is 2. The molecule has 2 aromatic rings. The predicted octanol–water partition coefficient (Wildman–Crippen LogP) is 4.35. The SMILES string of the molecule is Cc1ccc(NC(=S)N[C@@H](C)c2ccc(C)cc2)cc1. The molecule has 0 fully saturated rings. The molecule has 0 heterocycles. The molecule has 0 saturated carbocycles. The van der Waals surface area contributed by atoms with E-state index >= 15 is 0 Å². The van der Waals surface area contributed by atoms with E-state index < -0.39 is 0 Å². The molecule has 0 aliphatic carbocycles. The lowest BCUT2D eigenvalue weighted by molar-refractivity contribution is 0.722. The zero-order valence-corrected chi connectivity index (χ0v) is 12.9. The summed E-state index contributed by atoms with van der Waals surface area (Å²) in [6, 6.07) is 16.8. The number of hydrogen-bond donors (Lipinski definition) is 2. The smallest absolute Gasteiger partial charge is 0.171 e. The zero-order valence-electron chi connectivity index (χ0n) is 12.1. The molecule has 1 atom stereocenters. The average Bonchev–Trinajstić information content (AvgIpc) is 2.42. The third kappa shape index (κ3) is 4.07. The van der Waals surface area contributed by atoms with Gasteiger partial charge in [-0.25, -0.2) is 0 Å². The molecule has 0 aromatic heterocycles. The summed E-state index contributed by atoms with van der Waals surface area (Å²) in [5.41, 5.74) is 4.73. The summed E-state index contributed by atoms with van der Waals surface area (Å²) in [4.78, 5) is 0. The summed E-state index contributed by atoms with van der Waals surface area (Å²) in [5, 5.41) is 7.14. The van der Waals surface area contributed by atoms with Crippen molar-refractivity contribution in [3.05, 3.63) is 65.2 Å². The van der Waals surface area contributed by atoms with Crippen molar-refractivity contribution in [1.82, 2.24) is 5.32 Å². The first-order valence-electron chi connectivity index (χ1n) is 6.75. The summed E-state index contributed by atoms with van der Waals surface area (Å²) in [6.45, 7) is 6.26. The predicted molar refractivity (Wildman–Crippen MR) is 90.1 cm³/mol. The molecular formula is C17H20N2S. The van der Waals surface area contributed by atoms with Gasteiger partial charge in [-0.2, -0.15) is 0 Å². The van der Waals surface area contributed by atoms with E-state index in [0.29, 0.717) is 5.11 Å². The molecule has 3 heteroatoms. The maximum atomic E-state index is 5.35. The second kappa shape index (κ2) is 6.53. The van der Waals surface area contributed by atoms with Gasteiger partial charge in [-0.3, -0.25) is 0 Å². The van der Waals surface area contributed by atoms with Crippen LogP contribution in [0.25, 0.3) is 0 Å². The molecule has 2 aromatic carbocycles. The van der Waals surface area contributed by atoms with Gasteiger partial charge in [-0.05, 0) is 50.7 Å². The Labute approximate surface area is 126 Å². The molecule has 0 unspecified atom stereocenters. The van der Waals surface area contributed by atoms with Crippen molar-refractivity contribution in [2.24, 2.45) is 0 Å². The van der Waals surface area contributed by atoms with Crippen LogP contribution in [-0.4, -0.2) is 5.11 Å². The van der Waals surface area contributed by atoms with Gasteiger partial charge < -0.3 is 10.6 Å². The van der Waals surface area contributed by atoms with Gasteiger partial charge in [0.05, 0.1) is 6.04 Å². The van der Waals surface area contributed by atoms with Crippen LogP contribution in [0.5, 0.6) is 0 Å². The largest absolute Gasteiger partial charge is 0.356 e. The van der Waals surface area contributed by atoms with Crippen molar-refractivity contribution in [3.63, 3.8) is 0 Å². The fraction of sp³-hybridized carbons (Fsp3) is 0.235. The standard InChI is InChI=1S/C17H20N2S/c1-12-4-8-15(9-5-12)14(3)18-17(20)19-16-10-6-13(2)7-11-16/h4-11,14H,1-3H3,(H2,18,19,20)/t14-/m0/s1. The van der Waals surface area contributed by atoms with Crippen LogP contribution < -0.4 is 10.6 Å². The van der Waals surface area contributed by atoms with Crippen LogP contribution in [0.15, 0.2) is 48.5 Å². The van der Waals surface area contributed by atoms with Crippen LogP contribution in [0.4, 0.5) is 5.69 Å². The molecule has 0 amide bonds. The number of thiocarbonyl (C=S) groups is 1. The molecule has 0 bridgehead atoms. The van der Waals surface area contributed by atoms with Crippen LogP contribution in [0, 0.1) is 13.8 Å². The van der Waals surface area contributed by atoms with Gasteiger partial charge in [0.15, 0.2) is 5.11 Å². The topological polar surface area (TPSA) is 24.1 Å². The summed E-state index contributed by atoms with van der Waals surface area (Å²) >= 11 is 5.35. The van der Waals surface area contributed by atoms with Gasteiger partial charge in [0.25, 0.3) is 0 Å². The number of benzene rings is 2. The van der Waals surface area contributed by atoms with Crippen molar-refractivity contribution in [1.29, 1.82) is 0 Å². The Kier molecular flexibility index (Phi) is 4.74. The quantitative estimate of drug-likeness (QED) is 0.819. The molecule has 0 saturated heterocycles. The zero-order chi connectivity index (χ0) is 14.5. The summed E-state index contributed by atoms with van der Waals surface area (Å²) in [7, 11) is 0. The molecule has 2 nitrogen and oxygen atoms in total. The number of hydrogen-bond acceptors (Lipinski definition) is 1. The molecule has 0 aliphatic rings. The molecule has 2 N–H and O–H groups in total. The lowest BCUT2D eigenvalue weighted by Crippen LogP contribution is -2.30. The van der Waals surface area contributed by atoms with E-state index in [1.165, 1.54) is 16.7 Å². The maximum absolute atomic E-state index is 5.35. The van der Waals surface area contributed by atoms with Crippen LogP contribution >= 0.6 is 12.2 Å². The minimum atomic E-state index is 0.182. The molecule has 0 aliphatic heterocycles.